The molecule has 4 fully saturated rings. The van der Waals surface area contributed by atoms with Crippen molar-refractivity contribution < 1.29 is 28.6 Å². The highest BCUT2D eigenvalue weighted by Gasteiger charge is 2.30. The molecule has 23 nitrogen and oxygen atoms in total. The van der Waals surface area contributed by atoms with Crippen molar-refractivity contribution in [3.05, 3.63) is 121 Å². The molecule has 3 aromatic carbocycles. The van der Waals surface area contributed by atoms with Crippen LogP contribution in [0.3, 0.4) is 0 Å². The minimum atomic E-state index is -0.282. The van der Waals surface area contributed by atoms with Gasteiger partial charge in [0.25, 0.3) is 5.91 Å². The van der Waals surface area contributed by atoms with Crippen molar-refractivity contribution in [1.82, 2.24) is 64.9 Å². The Hall–Kier alpha value is -8.80. The highest BCUT2D eigenvalue weighted by molar-refractivity contribution is 5.95. The van der Waals surface area contributed by atoms with E-state index in [1.807, 2.05) is 114 Å². The maximum Gasteiger partial charge on any atom is 0.319 e. The molecule has 0 unspecified atom stereocenters. The van der Waals surface area contributed by atoms with Crippen LogP contribution in [0.1, 0.15) is 60.6 Å². The number of fused-ring (bicyclic) bond motifs is 2. The number of likely N-dealkylation sites (tertiary alicyclic amines) is 2. The molecule has 9 heterocycles. The van der Waals surface area contributed by atoms with Gasteiger partial charge in [-0.2, -0.15) is 10.2 Å². The molecule has 23 heteroatoms. The standard InChI is InChI=1S/C30H34N8O4.C29H35N9O2/c1-31-30(40)33-22-8-6-20(7-9-22)26-34-27(36-14-16-42-17-15-36)25-19-32-38(28(25)35-26)23-10-12-37(13-11-23)29(39)21-4-3-5-24(18-21)41-2;1-2-31-29(39)33-23-7-5-22(6-8-23)26-34-27(37-14-16-40-17-15-37)25-19-32-38(28(25)35-26)24-9-12-36(13-10-24)20-21-4-3-11-30-18-21/h3-9,18-19,23H,10-17H2,1-2H3,(H2,31,33,40);3-8,11,18-19,24H,2,9-10,12-17,20H2,1H3,(H2,31,33,39). The Morgan fingerprint density at radius 3 is 1.66 bits per heavy atom. The van der Waals surface area contributed by atoms with E-state index in [1.54, 1.807) is 20.2 Å². The number of methoxy groups -OCH3 is 1. The van der Waals surface area contributed by atoms with Crippen molar-refractivity contribution in [2.24, 2.45) is 0 Å². The molecule has 8 aromatic rings. The average Bonchev–Trinajstić information content (AvgIpc) is 4.38. The fourth-order valence-electron chi connectivity index (χ4n) is 10.9. The Bertz CT molecular complexity index is 3460. The number of carbonyl (C=O) groups excluding carboxylic acids is 3. The number of benzene rings is 3. The zero-order valence-corrected chi connectivity index (χ0v) is 46.5. The lowest BCUT2D eigenvalue weighted by Crippen LogP contribution is -2.39. The molecular weight excluding hydrogens is 1040 g/mol. The number of morpholine rings is 2. The van der Waals surface area contributed by atoms with E-state index < -0.39 is 0 Å². The van der Waals surface area contributed by atoms with Gasteiger partial charge in [0, 0.05) is 113 Å². The predicted octanol–water partition coefficient (Wildman–Crippen LogP) is 7.27. The Balaban J connectivity index is 0.000000172. The van der Waals surface area contributed by atoms with Gasteiger partial charge in [-0.1, -0.05) is 12.1 Å². The quantitative estimate of drug-likeness (QED) is 0.0888. The second-order valence-corrected chi connectivity index (χ2v) is 20.6. The fraction of sp³-hybridized carbons (Fsp3) is 0.390. The van der Waals surface area contributed by atoms with E-state index in [1.165, 1.54) is 5.56 Å². The molecular formula is C59H69N17O6. The topological polar surface area (TPSA) is 240 Å². The summed E-state index contributed by atoms with van der Waals surface area (Å²) >= 11 is 0. The Morgan fingerprint density at radius 1 is 0.622 bits per heavy atom. The number of urea groups is 2. The van der Waals surface area contributed by atoms with E-state index in [0.29, 0.717) is 80.4 Å². The summed E-state index contributed by atoms with van der Waals surface area (Å²) in [7, 11) is 3.17. The molecule has 4 aliphatic heterocycles. The number of hydrogen-bond donors (Lipinski definition) is 4. The lowest BCUT2D eigenvalue weighted by molar-refractivity contribution is 0.0691. The summed E-state index contributed by atoms with van der Waals surface area (Å²) in [6, 6.07) is 26.4. The number of rotatable bonds is 13. The molecule has 82 heavy (non-hydrogen) atoms. The Labute approximate surface area is 475 Å². The molecule has 0 radical (unpaired) electrons. The van der Waals surface area contributed by atoms with Gasteiger partial charge in [-0.3, -0.25) is 14.7 Å². The minimum absolute atomic E-state index is 0.00578. The van der Waals surface area contributed by atoms with Crippen molar-refractivity contribution in [1.29, 1.82) is 0 Å². The van der Waals surface area contributed by atoms with Gasteiger partial charge in [0.05, 0.1) is 68.8 Å². The number of hydrogen-bond acceptors (Lipinski definition) is 16. The molecule has 0 spiro atoms. The molecule has 0 bridgehead atoms. The van der Waals surface area contributed by atoms with Gasteiger partial charge < -0.3 is 50.2 Å². The van der Waals surface area contributed by atoms with Crippen LogP contribution in [0.2, 0.25) is 0 Å². The van der Waals surface area contributed by atoms with Crippen LogP contribution in [0.15, 0.2) is 110 Å². The van der Waals surface area contributed by atoms with Gasteiger partial charge in [-0.05, 0) is 111 Å². The SMILES string of the molecule is CCNC(=O)Nc1ccc(-c2nc(N3CCOCC3)c3cnn(C4CCN(Cc5cccnc5)CC4)c3n2)cc1.CNC(=O)Nc1ccc(-c2nc(N3CCOCC3)c3cnn(C4CCN(C(=O)c5cccc(OC)c5)CC4)c3n2)cc1. The monoisotopic (exact) mass is 1110 g/mol. The number of aromatic nitrogens is 9. The first-order valence-corrected chi connectivity index (χ1v) is 28.2. The van der Waals surface area contributed by atoms with Gasteiger partial charge in [-0.15, -0.1) is 0 Å². The van der Waals surface area contributed by atoms with Crippen molar-refractivity contribution in [2.75, 3.05) is 120 Å². The number of nitrogens with zero attached hydrogens (tertiary/aromatic N) is 13. The minimum Gasteiger partial charge on any atom is -0.497 e. The molecule has 5 aromatic heterocycles. The largest absolute Gasteiger partial charge is 0.497 e. The summed E-state index contributed by atoms with van der Waals surface area (Å²) in [5.41, 5.74) is 6.61. The number of piperidine rings is 2. The zero-order chi connectivity index (χ0) is 56.4. The van der Waals surface area contributed by atoms with Crippen LogP contribution in [0, 0.1) is 0 Å². The lowest BCUT2D eigenvalue weighted by atomic mass is 10.0. The van der Waals surface area contributed by atoms with Crippen molar-refractivity contribution in [2.45, 2.75) is 51.2 Å². The summed E-state index contributed by atoms with van der Waals surface area (Å²) < 4.78 is 20.6. The van der Waals surface area contributed by atoms with Gasteiger partial charge >= 0.3 is 12.1 Å². The van der Waals surface area contributed by atoms with E-state index in [9.17, 15) is 14.4 Å². The normalized spacial score (nSPS) is 16.4. The van der Waals surface area contributed by atoms with Gasteiger partial charge in [0.2, 0.25) is 0 Å². The average molecular weight is 1110 g/mol. The van der Waals surface area contributed by atoms with Gasteiger partial charge in [0.1, 0.15) is 17.4 Å². The van der Waals surface area contributed by atoms with Crippen molar-refractivity contribution in [3.63, 3.8) is 0 Å². The number of carbonyl (C=O) groups is 3. The summed E-state index contributed by atoms with van der Waals surface area (Å²) in [5, 5.41) is 22.4. The molecule has 426 valence electrons. The second kappa shape index (κ2) is 25.8. The van der Waals surface area contributed by atoms with Crippen LogP contribution < -0.4 is 35.8 Å². The highest BCUT2D eigenvalue weighted by atomic mass is 16.5. The third kappa shape index (κ3) is 12.7. The maximum atomic E-state index is 13.2. The molecule has 4 saturated heterocycles. The van der Waals surface area contributed by atoms with Crippen LogP contribution in [-0.4, -0.2) is 172 Å². The summed E-state index contributed by atoms with van der Waals surface area (Å²) in [6.07, 6.45) is 11.1. The van der Waals surface area contributed by atoms with Crippen LogP contribution in [-0.2, 0) is 16.0 Å². The number of anilines is 4. The van der Waals surface area contributed by atoms with Crippen molar-refractivity contribution >= 4 is 63.0 Å². The molecule has 5 amide bonds. The van der Waals surface area contributed by atoms with E-state index in [4.69, 9.17) is 44.3 Å². The summed E-state index contributed by atoms with van der Waals surface area (Å²) in [5.74, 6) is 3.64. The first-order valence-electron chi connectivity index (χ1n) is 28.2. The first kappa shape index (κ1) is 55.1. The molecule has 4 N–H and O–H groups in total. The summed E-state index contributed by atoms with van der Waals surface area (Å²) in [4.78, 5) is 70.0. The predicted molar refractivity (Wildman–Crippen MR) is 313 cm³/mol. The Kier molecular flexibility index (Phi) is 17.3. The van der Waals surface area contributed by atoms with Crippen LogP contribution >= 0.6 is 0 Å². The van der Waals surface area contributed by atoms with Crippen LogP contribution in [0.5, 0.6) is 5.75 Å². The molecule has 12 rings (SSSR count). The second-order valence-electron chi connectivity index (χ2n) is 20.6. The fourth-order valence-corrected chi connectivity index (χ4v) is 10.9. The van der Waals surface area contributed by atoms with Crippen LogP contribution in [0.4, 0.5) is 32.6 Å². The number of pyridine rings is 1. The van der Waals surface area contributed by atoms with Gasteiger partial charge in [-0.25, -0.2) is 38.9 Å². The third-order valence-corrected chi connectivity index (χ3v) is 15.3. The van der Waals surface area contributed by atoms with Crippen molar-refractivity contribution in [3.8, 4) is 28.5 Å². The van der Waals surface area contributed by atoms with E-state index in [0.717, 1.165) is 116 Å². The maximum absolute atomic E-state index is 13.2. The van der Waals surface area contributed by atoms with E-state index in [2.05, 4.69) is 51.7 Å². The number of amides is 5. The molecule has 0 atom stereocenters. The van der Waals surface area contributed by atoms with E-state index >= 15 is 0 Å². The lowest BCUT2D eigenvalue weighted by Gasteiger charge is -2.32. The smallest absolute Gasteiger partial charge is 0.319 e. The highest BCUT2D eigenvalue weighted by Crippen LogP contribution is 2.35. The van der Waals surface area contributed by atoms with Crippen LogP contribution in [0.25, 0.3) is 44.8 Å². The number of nitrogens with one attached hydrogen (secondary N) is 4. The third-order valence-electron chi connectivity index (χ3n) is 15.3. The molecule has 0 aliphatic carbocycles. The Morgan fingerprint density at radius 2 is 1.16 bits per heavy atom. The number of ether oxygens (including phenoxy) is 3. The molecule has 0 saturated carbocycles. The van der Waals surface area contributed by atoms with E-state index in [-0.39, 0.29) is 30.1 Å². The first-order chi connectivity index (χ1) is 40.2. The summed E-state index contributed by atoms with van der Waals surface area (Å²) in [6.45, 7) is 12.2. The molecule has 4 aliphatic rings. The zero-order valence-electron chi connectivity index (χ0n) is 46.5. The van der Waals surface area contributed by atoms with Gasteiger partial charge in [0.15, 0.2) is 22.9 Å².